The van der Waals surface area contributed by atoms with Crippen LogP contribution in [-0.4, -0.2) is 4.57 Å². The van der Waals surface area contributed by atoms with E-state index in [1.54, 1.807) is 0 Å². The fourth-order valence-electron chi connectivity index (χ4n) is 8.81. The number of rotatable bonds is 3. The molecular formula is C54H49NO2. The predicted octanol–water partition coefficient (Wildman–Crippen LogP) is 15.8. The molecule has 57 heavy (non-hydrogen) atoms. The van der Waals surface area contributed by atoms with Crippen molar-refractivity contribution in [1.82, 2.24) is 4.57 Å². The lowest BCUT2D eigenvalue weighted by Gasteiger charge is -2.25. The van der Waals surface area contributed by atoms with E-state index in [9.17, 15) is 0 Å². The van der Waals surface area contributed by atoms with Gasteiger partial charge in [-0.2, -0.15) is 0 Å². The molecule has 0 bridgehead atoms. The molecule has 10 rings (SSSR count). The van der Waals surface area contributed by atoms with Crippen molar-refractivity contribution in [2.24, 2.45) is 0 Å². The second-order valence-electron chi connectivity index (χ2n) is 19.1. The molecule has 0 radical (unpaired) electrons. The Morgan fingerprint density at radius 3 is 1.74 bits per heavy atom. The summed E-state index contributed by atoms with van der Waals surface area (Å²) in [4.78, 5) is 0. The van der Waals surface area contributed by atoms with Crippen molar-refractivity contribution < 1.29 is 8.83 Å². The van der Waals surface area contributed by atoms with Crippen LogP contribution in [0.3, 0.4) is 0 Å². The molecule has 0 unspecified atom stereocenters. The molecule has 0 saturated carbocycles. The van der Waals surface area contributed by atoms with Gasteiger partial charge >= 0.3 is 0 Å². The van der Waals surface area contributed by atoms with E-state index in [0.29, 0.717) is 0 Å². The highest BCUT2D eigenvalue weighted by molar-refractivity contribution is 6.21. The molecule has 0 fully saturated rings. The average molecular weight is 744 g/mol. The standard InChI is InChI=1S/C54H49NO2/c1-52(2,3)35-28-42(49-43(29-35)44-30-36(53(4,5)6)31-45(50(44)57-49)54(7,8)9)34-25-33(32-17-11-10-12-18-32)26-37(27-34)55-46-21-15-13-19-38(46)40-23-24-41-39-20-14-16-22-47(39)56-51(41)48(40)55/h10-31H,1-9H3. The maximum absolute atomic E-state index is 7.22. The van der Waals surface area contributed by atoms with Crippen LogP contribution in [0, 0.1) is 0 Å². The number of para-hydroxylation sites is 2. The van der Waals surface area contributed by atoms with Crippen molar-refractivity contribution in [2.75, 3.05) is 0 Å². The predicted molar refractivity (Wildman–Crippen MR) is 242 cm³/mol. The first-order chi connectivity index (χ1) is 27.1. The molecular weight excluding hydrogens is 695 g/mol. The minimum Gasteiger partial charge on any atom is -0.455 e. The Labute approximate surface area is 334 Å². The zero-order chi connectivity index (χ0) is 39.6. The Hall–Kier alpha value is -6.06. The van der Waals surface area contributed by atoms with Gasteiger partial charge in [0, 0.05) is 49.1 Å². The van der Waals surface area contributed by atoms with Gasteiger partial charge in [-0.05, 0) is 98.7 Å². The first-order valence-electron chi connectivity index (χ1n) is 20.3. The molecule has 7 aromatic carbocycles. The van der Waals surface area contributed by atoms with Crippen LogP contribution in [0.25, 0.3) is 93.6 Å². The van der Waals surface area contributed by atoms with E-state index in [2.05, 4.69) is 194 Å². The third-order valence-electron chi connectivity index (χ3n) is 12.0. The second-order valence-corrected chi connectivity index (χ2v) is 19.1. The van der Waals surface area contributed by atoms with Crippen LogP contribution >= 0.6 is 0 Å². The number of furan rings is 2. The molecule has 3 aromatic heterocycles. The summed E-state index contributed by atoms with van der Waals surface area (Å²) in [6.45, 7) is 20.7. The minimum absolute atomic E-state index is 0.0191. The van der Waals surface area contributed by atoms with E-state index in [-0.39, 0.29) is 16.2 Å². The Bertz CT molecular complexity index is 3220. The Balaban J connectivity index is 1.35. The number of hydrogen-bond donors (Lipinski definition) is 0. The number of fused-ring (bicyclic) bond motifs is 10. The summed E-state index contributed by atoms with van der Waals surface area (Å²) in [7, 11) is 0. The number of benzene rings is 7. The molecule has 3 heteroatoms. The Morgan fingerprint density at radius 2 is 1.02 bits per heavy atom. The van der Waals surface area contributed by atoms with E-state index >= 15 is 0 Å². The fraction of sp³-hybridized carbons (Fsp3) is 0.222. The van der Waals surface area contributed by atoms with E-state index < -0.39 is 0 Å². The van der Waals surface area contributed by atoms with Crippen molar-refractivity contribution in [3.8, 4) is 27.9 Å². The van der Waals surface area contributed by atoms with Gasteiger partial charge in [0.1, 0.15) is 16.7 Å². The molecule has 0 saturated heterocycles. The van der Waals surface area contributed by atoms with Crippen LogP contribution in [0.5, 0.6) is 0 Å². The van der Waals surface area contributed by atoms with Crippen molar-refractivity contribution >= 4 is 65.7 Å². The molecule has 0 atom stereocenters. The van der Waals surface area contributed by atoms with Gasteiger partial charge < -0.3 is 13.4 Å². The molecule has 282 valence electrons. The van der Waals surface area contributed by atoms with E-state index in [1.807, 2.05) is 6.07 Å². The zero-order valence-corrected chi connectivity index (χ0v) is 34.5. The molecule has 0 aliphatic carbocycles. The summed E-state index contributed by atoms with van der Waals surface area (Å²) in [6, 6.07) is 48.9. The normalized spacial score (nSPS) is 13.0. The third-order valence-corrected chi connectivity index (χ3v) is 12.0. The largest absolute Gasteiger partial charge is 0.455 e. The number of aromatic nitrogens is 1. The van der Waals surface area contributed by atoms with E-state index in [0.717, 1.165) is 77.5 Å². The average Bonchev–Trinajstić information content (AvgIpc) is 3.86. The quantitative estimate of drug-likeness (QED) is 0.180. The summed E-state index contributed by atoms with van der Waals surface area (Å²) >= 11 is 0. The topological polar surface area (TPSA) is 31.2 Å². The third kappa shape index (κ3) is 5.62. The monoisotopic (exact) mass is 743 g/mol. The molecule has 0 spiro atoms. The van der Waals surface area contributed by atoms with Crippen LogP contribution in [0.15, 0.2) is 142 Å². The van der Waals surface area contributed by atoms with Crippen LogP contribution in [-0.2, 0) is 16.2 Å². The maximum atomic E-state index is 7.22. The molecule has 3 nitrogen and oxygen atoms in total. The van der Waals surface area contributed by atoms with Gasteiger partial charge in [-0.1, -0.05) is 141 Å². The SMILES string of the molecule is CC(C)(C)c1cc(-c2cc(-c3ccccc3)cc(-n3c4ccccc4c4ccc5c6ccccc6oc5c43)c2)c2oc3c(C(C)(C)C)cc(C(C)(C)C)cc3c2c1. The first kappa shape index (κ1) is 35.4. The van der Waals surface area contributed by atoms with Crippen LogP contribution in [0.1, 0.15) is 79.0 Å². The van der Waals surface area contributed by atoms with Gasteiger partial charge in [-0.25, -0.2) is 0 Å². The molecule has 0 N–H and O–H groups in total. The van der Waals surface area contributed by atoms with Gasteiger partial charge in [-0.3, -0.25) is 0 Å². The van der Waals surface area contributed by atoms with Crippen LogP contribution in [0.4, 0.5) is 0 Å². The highest BCUT2D eigenvalue weighted by Crippen LogP contribution is 2.46. The van der Waals surface area contributed by atoms with Crippen molar-refractivity contribution in [1.29, 1.82) is 0 Å². The van der Waals surface area contributed by atoms with E-state index in [4.69, 9.17) is 8.83 Å². The Morgan fingerprint density at radius 1 is 0.404 bits per heavy atom. The minimum atomic E-state index is -0.112. The van der Waals surface area contributed by atoms with Crippen LogP contribution < -0.4 is 0 Å². The van der Waals surface area contributed by atoms with Gasteiger partial charge in [0.15, 0.2) is 5.58 Å². The van der Waals surface area contributed by atoms with Crippen molar-refractivity contribution in [3.63, 3.8) is 0 Å². The first-order valence-corrected chi connectivity index (χ1v) is 20.3. The maximum Gasteiger partial charge on any atom is 0.160 e. The summed E-state index contributed by atoms with van der Waals surface area (Å²) in [5.41, 5.74) is 15.1. The van der Waals surface area contributed by atoms with Gasteiger partial charge in [0.25, 0.3) is 0 Å². The smallest absolute Gasteiger partial charge is 0.160 e. The zero-order valence-electron chi connectivity index (χ0n) is 34.5. The summed E-state index contributed by atoms with van der Waals surface area (Å²) in [6.07, 6.45) is 0. The van der Waals surface area contributed by atoms with Gasteiger partial charge in [0.05, 0.1) is 11.0 Å². The van der Waals surface area contributed by atoms with Crippen molar-refractivity contribution in [2.45, 2.75) is 78.6 Å². The fourth-order valence-corrected chi connectivity index (χ4v) is 8.81. The highest BCUT2D eigenvalue weighted by atomic mass is 16.3. The second kappa shape index (κ2) is 12.2. The lowest BCUT2D eigenvalue weighted by atomic mass is 9.79. The van der Waals surface area contributed by atoms with Crippen LogP contribution in [0.2, 0.25) is 0 Å². The van der Waals surface area contributed by atoms with Gasteiger partial charge in [0.2, 0.25) is 0 Å². The van der Waals surface area contributed by atoms with E-state index in [1.165, 1.54) is 32.8 Å². The lowest BCUT2D eigenvalue weighted by molar-refractivity contribution is 0.559. The molecule has 0 aliphatic heterocycles. The molecule has 3 heterocycles. The molecule has 0 aliphatic rings. The lowest BCUT2D eigenvalue weighted by Crippen LogP contribution is -2.16. The summed E-state index contributed by atoms with van der Waals surface area (Å²) in [5, 5.41) is 6.96. The highest BCUT2D eigenvalue weighted by Gasteiger charge is 2.28. The van der Waals surface area contributed by atoms with Crippen molar-refractivity contribution in [3.05, 3.63) is 150 Å². The molecule has 0 amide bonds. The number of hydrogen-bond acceptors (Lipinski definition) is 2. The Kier molecular flexibility index (Phi) is 7.58. The molecule has 10 aromatic rings. The number of nitrogens with zero attached hydrogens (tertiary/aromatic N) is 1. The van der Waals surface area contributed by atoms with Gasteiger partial charge in [-0.15, -0.1) is 0 Å². The summed E-state index contributed by atoms with van der Waals surface area (Å²) in [5.74, 6) is 0. The summed E-state index contributed by atoms with van der Waals surface area (Å²) < 4.78 is 16.4.